The van der Waals surface area contributed by atoms with Crippen LogP contribution in [-0.4, -0.2) is 18.5 Å². The normalized spacial score (nSPS) is 12.7. The van der Waals surface area contributed by atoms with Gasteiger partial charge in [0, 0.05) is 13.0 Å². The van der Waals surface area contributed by atoms with Gasteiger partial charge in [-0.2, -0.15) is 0 Å². The van der Waals surface area contributed by atoms with Crippen LogP contribution in [-0.2, 0) is 4.74 Å². The molecule has 0 bridgehead atoms. The topological polar surface area (TPSA) is 59.1 Å². The Kier molecular flexibility index (Phi) is 9.59. The minimum atomic E-state index is 0.259. The summed E-state index contributed by atoms with van der Waals surface area (Å²) in [4.78, 5) is 0. The lowest BCUT2D eigenvalue weighted by atomic mass is 10.1. The zero-order valence-electron chi connectivity index (χ0n) is 10.2. The van der Waals surface area contributed by atoms with E-state index in [1.807, 2.05) is 0 Å². The van der Waals surface area contributed by atoms with Crippen LogP contribution in [0.25, 0.3) is 0 Å². The lowest BCUT2D eigenvalue weighted by Gasteiger charge is -2.12. The van der Waals surface area contributed by atoms with Gasteiger partial charge in [-0.1, -0.05) is 32.6 Å². The van der Waals surface area contributed by atoms with Gasteiger partial charge in [0.25, 0.3) is 0 Å². The minimum Gasteiger partial charge on any atom is -0.388 e. The molecule has 0 radical (unpaired) electrons. The summed E-state index contributed by atoms with van der Waals surface area (Å²) in [6.07, 6.45) is 8.23. The first-order valence-corrected chi connectivity index (χ1v) is 6.11. The number of rotatable bonds is 10. The van der Waals surface area contributed by atoms with Gasteiger partial charge in [0.15, 0.2) is 0 Å². The molecule has 15 heavy (non-hydrogen) atoms. The quantitative estimate of drug-likeness (QED) is 0.333. The minimum absolute atomic E-state index is 0.259. The van der Waals surface area contributed by atoms with Crippen LogP contribution < -0.4 is 5.73 Å². The molecule has 0 heterocycles. The number of amidine groups is 1. The van der Waals surface area contributed by atoms with Crippen molar-refractivity contribution >= 4 is 5.84 Å². The van der Waals surface area contributed by atoms with Gasteiger partial charge in [0.05, 0.1) is 11.9 Å². The fourth-order valence-electron chi connectivity index (χ4n) is 1.49. The summed E-state index contributed by atoms with van der Waals surface area (Å²) in [6.45, 7) is 5.08. The number of nitrogens with one attached hydrogen (secondary N) is 1. The van der Waals surface area contributed by atoms with Crippen LogP contribution in [0.2, 0.25) is 0 Å². The van der Waals surface area contributed by atoms with Crippen LogP contribution in [0.4, 0.5) is 0 Å². The molecule has 0 fully saturated rings. The van der Waals surface area contributed by atoms with Crippen LogP contribution in [0, 0.1) is 5.41 Å². The Morgan fingerprint density at radius 2 is 2.00 bits per heavy atom. The molecule has 0 aliphatic carbocycles. The molecule has 0 aromatic rings. The zero-order valence-corrected chi connectivity index (χ0v) is 10.2. The highest BCUT2D eigenvalue weighted by atomic mass is 16.5. The van der Waals surface area contributed by atoms with Crippen molar-refractivity contribution in [2.24, 2.45) is 5.73 Å². The highest BCUT2D eigenvalue weighted by Crippen LogP contribution is 2.08. The van der Waals surface area contributed by atoms with Crippen molar-refractivity contribution in [2.75, 3.05) is 6.61 Å². The number of hydrogen-bond acceptors (Lipinski definition) is 2. The molecule has 0 aliphatic rings. The van der Waals surface area contributed by atoms with E-state index in [-0.39, 0.29) is 5.84 Å². The van der Waals surface area contributed by atoms with Gasteiger partial charge < -0.3 is 10.5 Å². The zero-order chi connectivity index (χ0) is 11.5. The molecule has 0 saturated carbocycles. The van der Waals surface area contributed by atoms with Crippen LogP contribution in [0.3, 0.4) is 0 Å². The average molecular weight is 214 g/mol. The molecule has 1 atom stereocenters. The molecule has 0 aromatic heterocycles. The summed E-state index contributed by atoms with van der Waals surface area (Å²) in [5.41, 5.74) is 5.25. The van der Waals surface area contributed by atoms with Crippen LogP contribution in [0.1, 0.15) is 58.8 Å². The monoisotopic (exact) mass is 214 g/mol. The van der Waals surface area contributed by atoms with Gasteiger partial charge in [-0.15, -0.1) is 0 Å². The van der Waals surface area contributed by atoms with E-state index in [1.54, 1.807) is 0 Å². The summed E-state index contributed by atoms with van der Waals surface area (Å²) in [7, 11) is 0. The number of hydrogen-bond donors (Lipinski definition) is 2. The first kappa shape index (κ1) is 14.4. The fraction of sp³-hybridized carbons (Fsp3) is 0.917. The van der Waals surface area contributed by atoms with Crippen molar-refractivity contribution in [1.29, 1.82) is 5.41 Å². The highest BCUT2D eigenvalue weighted by molar-refractivity contribution is 5.76. The van der Waals surface area contributed by atoms with E-state index in [9.17, 15) is 0 Å². The van der Waals surface area contributed by atoms with E-state index in [0.717, 1.165) is 19.4 Å². The van der Waals surface area contributed by atoms with Crippen LogP contribution in [0.15, 0.2) is 0 Å². The summed E-state index contributed by atoms with van der Waals surface area (Å²) in [6, 6.07) is 0. The third kappa shape index (κ3) is 11.4. The number of ether oxygens (including phenoxy) is 1. The van der Waals surface area contributed by atoms with Gasteiger partial charge in [-0.3, -0.25) is 5.41 Å². The van der Waals surface area contributed by atoms with E-state index in [0.29, 0.717) is 12.5 Å². The second-order valence-corrected chi connectivity index (χ2v) is 4.16. The van der Waals surface area contributed by atoms with Crippen LogP contribution in [0.5, 0.6) is 0 Å². The highest BCUT2D eigenvalue weighted by Gasteiger charge is 2.01. The molecule has 0 amide bonds. The molecule has 3 heteroatoms. The fourth-order valence-corrected chi connectivity index (χ4v) is 1.49. The molecule has 3 N–H and O–H groups in total. The predicted octanol–water partition coefficient (Wildman–Crippen LogP) is 3.08. The molecular weight excluding hydrogens is 188 g/mol. The van der Waals surface area contributed by atoms with E-state index >= 15 is 0 Å². The molecule has 0 saturated heterocycles. The Hall–Kier alpha value is -0.570. The van der Waals surface area contributed by atoms with Crippen molar-refractivity contribution in [3.8, 4) is 0 Å². The Morgan fingerprint density at radius 3 is 2.60 bits per heavy atom. The van der Waals surface area contributed by atoms with Gasteiger partial charge >= 0.3 is 0 Å². The first-order valence-electron chi connectivity index (χ1n) is 6.11. The lowest BCUT2D eigenvalue weighted by molar-refractivity contribution is 0.0577. The standard InChI is InChI=1S/C12H26N2O/c1-3-4-5-6-8-11(2)15-10-7-9-12(13)14/h11H,3-10H2,1-2H3,(H3,13,14). The SMILES string of the molecule is CCCCCCC(C)OCCCC(=N)N. The Morgan fingerprint density at radius 1 is 1.27 bits per heavy atom. The van der Waals surface area contributed by atoms with E-state index in [4.69, 9.17) is 15.9 Å². The summed E-state index contributed by atoms with van der Waals surface area (Å²) in [5, 5.41) is 7.06. The van der Waals surface area contributed by atoms with Crippen LogP contribution >= 0.6 is 0 Å². The van der Waals surface area contributed by atoms with Gasteiger partial charge in [0.2, 0.25) is 0 Å². The molecule has 0 rings (SSSR count). The summed E-state index contributed by atoms with van der Waals surface area (Å²) in [5.74, 6) is 0.259. The average Bonchev–Trinajstić information content (AvgIpc) is 2.19. The first-order chi connectivity index (χ1) is 7.16. The van der Waals surface area contributed by atoms with E-state index in [2.05, 4.69) is 13.8 Å². The lowest BCUT2D eigenvalue weighted by Crippen LogP contribution is -2.13. The Balaban J connectivity index is 3.18. The molecular formula is C12H26N2O. The predicted molar refractivity (Wildman–Crippen MR) is 65.3 cm³/mol. The maximum atomic E-state index is 7.06. The molecule has 90 valence electrons. The van der Waals surface area contributed by atoms with Crippen molar-refractivity contribution in [3.63, 3.8) is 0 Å². The third-order valence-electron chi connectivity index (χ3n) is 2.46. The number of nitrogens with two attached hydrogens (primary N) is 1. The smallest absolute Gasteiger partial charge is 0.0906 e. The maximum Gasteiger partial charge on any atom is 0.0906 e. The largest absolute Gasteiger partial charge is 0.388 e. The van der Waals surface area contributed by atoms with E-state index < -0.39 is 0 Å². The second-order valence-electron chi connectivity index (χ2n) is 4.16. The molecule has 0 aliphatic heterocycles. The van der Waals surface area contributed by atoms with Crippen molar-refractivity contribution < 1.29 is 4.74 Å². The molecule has 3 nitrogen and oxygen atoms in total. The van der Waals surface area contributed by atoms with E-state index in [1.165, 1.54) is 25.7 Å². The Labute approximate surface area is 93.9 Å². The maximum absolute atomic E-state index is 7.06. The van der Waals surface area contributed by atoms with Gasteiger partial charge in [-0.25, -0.2) is 0 Å². The molecule has 0 spiro atoms. The Bertz CT molecular complexity index is 160. The van der Waals surface area contributed by atoms with Crippen molar-refractivity contribution in [3.05, 3.63) is 0 Å². The molecule has 1 unspecified atom stereocenters. The van der Waals surface area contributed by atoms with Gasteiger partial charge in [-0.05, 0) is 19.8 Å². The third-order valence-corrected chi connectivity index (χ3v) is 2.46. The van der Waals surface area contributed by atoms with Crippen molar-refractivity contribution in [1.82, 2.24) is 0 Å². The summed E-state index contributed by atoms with van der Waals surface area (Å²) >= 11 is 0. The van der Waals surface area contributed by atoms with Gasteiger partial charge in [0.1, 0.15) is 0 Å². The summed E-state index contributed by atoms with van der Waals surface area (Å²) < 4.78 is 5.62. The second kappa shape index (κ2) is 9.97. The molecule has 0 aromatic carbocycles. The number of unbranched alkanes of at least 4 members (excludes halogenated alkanes) is 3. The van der Waals surface area contributed by atoms with Crippen molar-refractivity contribution in [2.45, 2.75) is 64.9 Å².